The van der Waals surface area contributed by atoms with Gasteiger partial charge in [-0.05, 0) is 58.1 Å². The molecule has 0 atom stereocenters. The van der Waals surface area contributed by atoms with E-state index < -0.39 is 0 Å². The van der Waals surface area contributed by atoms with Gasteiger partial charge in [0.15, 0.2) is 0 Å². The molecule has 1 aliphatic rings. The summed E-state index contributed by atoms with van der Waals surface area (Å²) in [7, 11) is 0. The molecule has 1 aliphatic carbocycles. The van der Waals surface area contributed by atoms with E-state index >= 15 is 0 Å². The lowest BCUT2D eigenvalue weighted by Gasteiger charge is -2.29. The van der Waals surface area contributed by atoms with Gasteiger partial charge in [-0.25, -0.2) is 0 Å². The van der Waals surface area contributed by atoms with Crippen LogP contribution >= 0.6 is 0 Å². The first-order valence-corrected chi connectivity index (χ1v) is 15.6. The van der Waals surface area contributed by atoms with Crippen molar-refractivity contribution >= 4 is 49.8 Å². The Hall–Kier alpha value is -5.60. The van der Waals surface area contributed by atoms with E-state index in [1.165, 1.54) is 22.3 Å². The molecule has 0 spiro atoms. The van der Waals surface area contributed by atoms with Crippen LogP contribution in [-0.4, -0.2) is 0 Å². The van der Waals surface area contributed by atoms with Crippen LogP contribution in [0, 0.1) is 0 Å². The SMILES string of the molecule is CC1(C)c2ccccc2-c2ccc(N(c3ccccc3)c3cc4c5cccc(-c6ccccc6)c5oc4c4ccccc34)cc21. The highest BCUT2D eigenvalue weighted by Gasteiger charge is 2.36. The van der Waals surface area contributed by atoms with E-state index in [0.29, 0.717) is 0 Å². The fraction of sp³-hybridized carbons (Fsp3) is 0.0698. The largest absolute Gasteiger partial charge is 0.455 e. The summed E-state index contributed by atoms with van der Waals surface area (Å²) in [6, 6.07) is 54.5. The third kappa shape index (κ3) is 3.82. The minimum Gasteiger partial charge on any atom is -0.455 e. The minimum absolute atomic E-state index is 0.0923. The van der Waals surface area contributed by atoms with Crippen LogP contribution in [-0.2, 0) is 5.41 Å². The van der Waals surface area contributed by atoms with Crippen LogP contribution in [0.5, 0.6) is 0 Å². The van der Waals surface area contributed by atoms with Gasteiger partial charge in [0.1, 0.15) is 11.2 Å². The Bertz CT molecular complexity index is 2400. The smallest absolute Gasteiger partial charge is 0.143 e. The molecule has 0 amide bonds. The summed E-state index contributed by atoms with van der Waals surface area (Å²) < 4.78 is 6.80. The van der Waals surface area contributed by atoms with E-state index in [4.69, 9.17) is 4.42 Å². The molecule has 8 aromatic rings. The zero-order valence-electron chi connectivity index (χ0n) is 25.3. The van der Waals surface area contributed by atoms with E-state index in [2.05, 4.69) is 170 Å². The van der Waals surface area contributed by atoms with Crippen molar-refractivity contribution in [2.24, 2.45) is 0 Å². The van der Waals surface area contributed by atoms with Crippen molar-refractivity contribution in [3.63, 3.8) is 0 Å². The number of benzene rings is 7. The van der Waals surface area contributed by atoms with Gasteiger partial charge in [-0.3, -0.25) is 0 Å². The van der Waals surface area contributed by atoms with Crippen LogP contribution in [0.1, 0.15) is 25.0 Å². The molecule has 9 rings (SSSR count). The number of anilines is 3. The lowest BCUT2D eigenvalue weighted by molar-refractivity contribution is 0.660. The van der Waals surface area contributed by atoms with Crippen LogP contribution in [0.3, 0.4) is 0 Å². The fourth-order valence-corrected chi connectivity index (χ4v) is 7.47. The van der Waals surface area contributed by atoms with E-state index in [0.717, 1.165) is 60.9 Å². The highest BCUT2D eigenvalue weighted by Crippen LogP contribution is 2.51. The monoisotopic (exact) mass is 577 g/mol. The number of para-hydroxylation sites is 2. The molecule has 0 aliphatic heterocycles. The predicted molar refractivity (Wildman–Crippen MR) is 189 cm³/mol. The Labute approximate surface area is 262 Å². The third-order valence-corrected chi connectivity index (χ3v) is 9.65. The molecule has 7 aromatic carbocycles. The van der Waals surface area contributed by atoms with Gasteiger partial charge < -0.3 is 9.32 Å². The molecule has 0 saturated heterocycles. The summed E-state index contributed by atoms with van der Waals surface area (Å²) in [5.41, 5.74) is 12.8. The predicted octanol–water partition coefficient (Wildman–Crippen LogP) is 12.2. The number of furan rings is 1. The van der Waals surface area contributed by atoms with E-state index in [9.17, 15) is 0 Å². The number of hydrogen-bond donors (Lipinski definition) is 0. The Kier molecular flexibility index (Phi) is 5.58. The average molecular weight is 578 g/mol. The summed E-state index contributed by atoms with van der Waals surface area (Å²) in [6.07, 6.45) is 0. The molecule has 2 nitrogen and oxygen atoms in total. The maximum absolute atomic E-state index is 6.80. The molecular formula is C43H31NO. The van der Waals surface area contributed by atoms with Crippen molar-refractivity contribution < 1.29 is 4.42 Å². The molecule has 0 bridgehead atoms. The van der Waals surface area contributed by atoms with Crippen LogP contribution in [0.25, 0.3) is 55.0 Å². The molecule has 2 heteroatoms. The Morgan fingerprint density at radius 2 is 1.07 bits per heavy atom. The maximum atomic E-state index is 6.80. The summed E-state index contributed by atoms with van der Waals surface area (Å²) in [5, 5.41) is 4.50. The van der Waals surface area contributed by atoms with Gasteiger partial charge in [-0.2, -0.15) is 0 Å². The molecule has 0 radical (unpaired) electrons. The van der Waals surface area contributed by atoms with Crippen molar-refractivity contribution in [3.05, 3.63) is 163 Å². The summed E-state index contributed by atoms with van der Waals surface area (Å²) in [6.45, 7) is 4.69. The average Bonchev–Trinajstić information content (AvgIpc) is 3.58. The molecule has 0 unspecified atom stereocenters. The standard InChI is InChI=1S/C43H31NO/c1-43(2)38-23-12-11-18-32(38)33-25-24-30(26-39(33)43)44(29-16-7-4-8-17-29)40-27-37-36-22-13-21-31(28-14-5-3-6-15-28)41(36)45-42(37)35-20-10-9-19-34(35)40/h3-27H,1-2H3. The fourth-order valence-electron chi connectivity index (χ4n) is 7.47. The molecule has 0 saturated carbocycles. The van der Waals surface area contributed by atoms with E-state index in [1.807, 2.05) is 0 Å². The Morgan fingerprint density at radius 1 is 0.444 bits per heavy atom. The first-order valence-electron chi connectivity index (χ1n) is 15.6. The molecule has 214 valence electrons. The quantitative estimate of drug-likeness (QED) is 0.207. The zero-order chi connectivity index (χ0) is 30.1. The van der Waals surface area contributed by atoms with Gasteiger partial charge in [-0.1, -0.05) is 135 Å². The van der Waals surface area contributed by atoms with Gasteiger partial charge in [0.2, 0.25) is 0 Å². The third-order valence-electron chi connectivity index (χ3n) is 9.65. The van der Waals surface area contributed by atoms with Crippen molar-refractivity contribution in [1.29, 1.82) is 0 Å². The molecule has 45 heavy (non-hydrogen) atoms. The van der Waals surface area contributed by atoms with Crippen molar-refractivity contribution in [3.8, 4) is 22.3 Å². The lowest BCUT2D eigenvalue weighted by Crippen LogP contribution is -2.16. The van der Waals surface area contributed by atoms with Crippen LogP contribution in [0.15, 0.2) is 156 Å². The molecule has 0 fully saturated rings. The summed E-state index contributed by atoms with van der Waals surface area (Å²) >= 11 is 0. The summed E-state index contributed by atoms with van der Waals surface area (Å²) in [4.78, 5) is 2.42. The highest BCUT2D eigenvalue weighted by atomic mass is 16.3. The first-order chi connectivity index (χ1) is 22.1. The number of hydrogen-bond acceptors (Lipinski definition) is 2. The van der Waals surface area contributed by atoms with Crippen molar-refractivity contribution in [2.75, 3.05) is 4.90 Å². The second kappa shape index (κ2) is 9.70. The van der Waals surface area contributed by atoms with Gasteiger partial charge in [-0.15, -0.1) is 0 Å². The Balaban J connectivity index is 1.33. The Morgan fingerprint density at radius 3 is 1.89 bits per heavy atom. The minimum atomic E-state index is -0.0923. The van der Waals surface area contributed by atoms with Gasteiger partial charge in [0, 0.05) is 43.9 Å². The van der Waals surface area contributed by atoms with E-state index in [1.54, 1.807) is 0 Å². The van der Waals surface area contributed by atoms with Crippen LogP contribution in [0.4, 0.5) is 17.1 Å². The normalized spacial score (nSPS) is 13.3. The number of fused-ring (bicyclic) bond motifs is 8. The lowest BCUT2D eigenvalue weighted by atomic mass is 9.82. The first kappa shape index (κ1) is 25.9. The summed E-state index contributed by atoms with van der Waals surface area (Å²) in [5.74, 6) is 0. The molecular weight excluding hydrogens is 546 g/mol. The van der Waals surface area contributed by atoms with Crippen molar-refractivity contribution in [1.82, 2.24) is 0 Å². The maximum Gasteiger partial charge on any atom is 0.143 e. The topological polar surface area (TPSA) is 16.4 Å². The number of rotatable bonds is 4. The van der Waals surface area contributed by atoms with Gasteiger partial charge in [0.05, 0.1) is 5.69 Å². The second-order valence-electron chi connectivity index (χ2n) is 12.5. The van der Waals surface area contributed by atoms with Crippen molar-refractivity contribution in [2.45, 2.75) is 19.3 Å². The molecule has 0 N–H and O–H groups in total. The molecule has 1 aromatic heterocycles. The van der Waals surface area contributed by atoms with Gasteiger partial charge >= 0.3 is 0 Å². The highest BCUT2D eigenvalue weighted by molar-refractivity contribution is 6.21. The molecule has 1 heterocycles. The zero-order valence-corrected chi connectivity index (χ0v) is 25.3. The van der Waals surface area contributed by atoms with E-state index in [-0.39, 0.29) is 5.41 Å². The van der Waals surface area contributed by atoms with Crippen LogP contribution < -0.4 is 4.90 Å². The van der Waals surface area contributed by atoms with Crippen LogP contribution in [0.2, 0.25) is 0 Å². The van der Waals surface area contributed by atoms with Gasteiger partial charge in [0.25, 0.3) is 0 Å². The second-order valence-corrected chi connectivity index (χ2v) is 12.5. The number of nitrogens with zero attached hydrogens (tertiary/aromatic N) is 1.